The van der Waals surface area contributed by atoms with E-state index in [1.807, 2.05) is 12.1 Å². The molecule has 0 saturated carbocycles. The number of halogens is 2. The minimum absolute atomic E-state index is 0.00101. The van der Waals surface area contributed by atoms with Gasteiger partial charge in [0.2, 0.25) is 0 Å². The molecule has 2 nitrogen and oxygen atoms in total. The van der Waals surface area contributed by atoms with Gasteiger partial charge in [-0.1, -0.05) is 23.7 Å². The second-order valence-corrected chi connectivity index (χ2v) is 5.29. The number of hydrogen-bond acceptors (Lipinski definition) is 1. The summed E-state index contributed by atoms with van der Waals surface area (Å²) in [5.74, 6) is -0.670. The number of hydrogen-bond donors (Lipinski definition) is 1. The molecule has 0 aliphatic heterocycles. The number of aryl methyl sites for hydroxylation is 1. The van der Waals surface area contributed by atoms with Gasteiger partial charge < -0.3 is 5.32 Å². The highest BCUT2D eigenvalue weighted by Gasteiger charge is 2.18. The van der Waals surface area contributed by atoms with Gasteiger partial charge in [-0.3, -0.25) is 4.79 Å². The van der Waals surface area contributed by atoms with Gasteiger partial charge in [0.1, 0.15) is 5.82 Å². The van der Waals surface area contributed by atoms with Crippen LogP contribution in [-0.4, -0.2) is 5.91 Å². The molecule has 0 atom stereocenters. The lowest BCUT2D eigenvalue weighted by molar-refractivity contribution is 0.102. The maximum Gasteiger partial charge on any atom is 0.255 e. The van der Waals surface area contributed by atoms with Crippen molar-refractivity contribution in [2.24, 2.45) is 0 Å². The Morgan fingerprint density at radius 3 is 2.85 bits per heavy atom. The van der Waals surface area contributed by atoms with Gasteiger partial charge in [0, 0.05) is 11.3 Å². The van der Waals surface area contributed by atoms with E-state index in [4.69, 9.17) is 11.6 Å². The maximum absolute atomic E-state index is 13.1. The van der Waals surface area contributed by atoms with Gasteiger partial charge in [-0.2, -0.15) is 0 Å². The number of carbonyl (C=O) groups is 1. The highest BCUT2D eigenvalue weighted by atomic mass is 35.5. The molecule has 4 heteroatoms. The van der Waals surface area contributed by atoms with Crippen LogP contribution < -0.4 is 5.32 Å². The summed E-state index contributed by atoms with van der Waals surface area (Å²) in [6, 6.07) is 9.95. The van der Waals surface area contributed by atoms with Gasteiger partial charge >= 0.3 is 0 Å². The van der Waals surface area contributed by atoms with Crippen LogP contribution in [0.1, 0.15) is 27.9 Å². The molecule has 0 heterocycles. The summed E-state index contributed by atoms with van der Waals surface area (Å²) >= 11 is 5.71. The van der Waals surface area contributed by atoms with Crippen molar-refractivity contribution in [2.45, 2.75) is 19.3 Å². The fourth-order valence-electron chi connectivity index (χ4n) is 2.60. The minimum Gasteiger partial charge on any atom is -0.322 e. The Morgan fingerprint density at radius 1 is 1.20 bits per heavy atom. The smallest absolute Gasteiger partial charge is 0.255 e. The zero-order valence-corrected chi connectivity index (χ0v) is 11.5. The summed E-state index contributed by atoms with van der Waals surface area (Å²) in [7, 11) is 0. The summed E-state index contributed by atoms with van der Waals surface area (Å²) < 4.78 is 13.1. The number of fused-ring (bicyclic) bond motifs is 1. The fraction of sp³-hybridized carbons (Fsp3) is 0.188. The summed E-state index contributed by atoms with van der Waals surface area (Å²) in [5.41, 5.74) is 3.56. The maximum atomic E-state index is 13.1. The van der Waals surface area contributed by atoms with Crippen LogP contribution in [0.4, 0.5) is 10.1 Å². The number of benzene rings is 2. The lowest BCUT2D eigenvalue weighted by Gasteiger charge is -2.10. The Bertz CT molecular complexity index is 684. The molecule has 0 unspecified atom stereocenters. The molecule has 0 saturated heterocycles. The largest absolute Gasteiger partial charge is 0.322 e. The molecule has 1 N–H and O–H groups in total. The van der Waals surface area contributed by atoms with Gasteiger partial charge in [-0.05, 0) is 54.7 Å². The molecule has 2 aromatic carbocycles. The number of nitrogens with one attached hydrogen (secondary N) is 1. The molecule has 1 aliphatic carbocycles. The molecule has 2 aromatic rings. The SMILES string of the molecule is O=C(Nc1ccc(F)c(Cl)c1)c1cccc2c1CCC2. The van der Waals surface area contributed by atoms with Crippen molar-refractivity contribution in [3.8, 4) is 0 Å². The highest BCUT2D eigenvalue weighted by molar-refractivity contribution is 6.31. The summed E-state index contributed by atoms with van der Waals surface area (Å²) in [6.45, 7) is 0. The van der Waals surface area contributed by atoms with E-state index < -0.39 is 5.82 Å². The van der Waals surface area contributed by atoms with E-state index in [9.17, 15) is 9.18 Å². The van der Waals surface area contributed by atoms with Crippen LogP contribution in [-0.2, 0) is 12.8 Å². The predicted octanol–water partition coefficient (Wildman–Crippen LogP) is 4.22. The minimum atomic E-state index is -0.495. The van der Waals surface area contributed by atoms with E-state index in [0.717, 1.165) is 24.8 Å². The van der Waals surface area contributed by atoms with Crippen molar-refractivity contribution >= 4 is 23.2 Å². The van der Waals surface area contributed by atoms with Gasteiger partial charge in [-0.15, -0.1) is 0 Å². The summed E-state index contributed by atoms with van der Waals surface area (Å²) in [6.07, 6.45) is 3.05. The summed E-state index contributed by atoms with van der Waals surface area (Å²) in [4.78, 5) is 12.3. The van der Waals surface area contributed by atoms with E-state index in [2.05, 4.69) is 11.4 Å². The third-order valence-corrected chi connectivity index (χ3v) is 3.86. The van der Waals surface area contributed by atoms with Crippen molar-refractivity contribution < 1.29 is 9.18 Å². The molecule has 102 valence electrons. The second kappa shape index (κ2) is 5.25. The number of anilines is 1. The van der Waals surface area contributed by atoms with Crippen LogP contribution in [0.3, 0.4) is 0 Å². The lowest BCUT2D eigenvalue weighted by atomic mass is 10.0. The Labute approximate surface area is 121 Å². The Balaban J connectivity index is 1.87. The topological polar surface area (TPSA) is 29.1 Å². The molecule has 0 radical (unpaired) electrons. The standard InChI is InChI=1S/C16H13ClFNO/c17-14-9-11(7-8-15(14)18)19-16(20)13-6-2-4-10-3-1-5-12(10)13/h2,4,6-9H,1,3,5H2,(H,19,20). The lowest BCUT2D eigenvalue weighted by Crippen LogP contribution is -2.14. The summed E-state index contributed by atoms with van der Waals surface area (Å²) in [5, 5.41) is 2.77. The molecular formula is C16H13ClFNO. The van der Waals surface area contributed by atoms with E-state index in [-0.39, 0.29) is 10.9 Å². The first kappa shape index (κ1) is 13.1. The highest BCUT2D eigenvalue weighted by Crippen LogP contribution is 2.26. The Kier molecular flexibility index (Phi) is 3.45. The van der Waals surface area contributed by atoms with Crippen LogP contribution in [0.15, 0.2) is 36.4 Å². The van der Waals surface area contributed by atoms with Crippen LogP contribution in [0.2, 0.25) is 5.02 Å². The normalized spacial score (nSPS) is 13.1. The third-order valence-electron chi connectivity index (χ3n) is 3.57. The zero-order chi connectivity index (χ0) is 14.1. The van der Waals surface area contributed by atoms with Crippen LogP contribution >= 0.6 is 11.6 Å². The first-order valence-corrected chi connectivity index (χ1v) is 6.90. The van der Waals surface area contributed by atoms with Gasteiger partial charge in [0.15, 0.2) is 0 Å². The number of amides is 1. The Hall–Kier alpha value is -1.87. The van der Waals surface area contributed by atoms with Crippen molar-refractivity contribution in [2.75, 3.05) is 5.32 Å². The van der Waals surface area contributed by atoms with E-state index in [1.54, 1.807) is 0 Å². The predicted molar refractivity (Wildman–Crippen MR) is 77.8 cm³/mol. The first-order chi connectivity index (χ1) is 9.65. The van der Waals surface area contributed by atoms with E-state index >= 15 is 0 Å². The Morgan fingerprint density at radius 2 is 2.05 bits per heavy atom. The molecule has 0 fully saturated rings. The van der Waals surface area contributed by atoms with Gasteiger partial charge in [-0.25, -0.2) is 4.39 Å². The van der Waals surface area contributed by atoms with Crippen molar-refractivity contribution in [3.63, 3.8) is 0 Å². The third kappa shape index (κ3) is 2.41. The van der Waals surface area contributed by atoms with Crippen molar-refractivity contribution in [3.05, 3.63) is 63.9 Å². The molecule has 1 amide bonds. The molecular weight excluding hydrogens is 277 g/mol. The molecule has 20 heavy (non-hydrogen) atoms. The molecule has 0 aromatic heterocycles. The van der Waals surface area contributed by atoms with Crippen LogP contribution in [0.25, 0.3) is 0 Å². The molecule has 0 bridgehead atoms. The molecule has 1 aliphatic rings. The average molecular weight is 290 g/mol. The quantitative estimate of drug-likeness (QED) is 0.881. The van der Waals surface area contributed by atoms with Gasteiger partial charge in [0.25, 0.3) is 5.91 Å². The first-order valence-electron chi connectivity index (χ1n) is 6.52. The second-order valence-electron chi connectivity index (χ2n) is 4.88. The van der Waals surface area contributed by atoms with Gasteiger partial charge in [0.05, 0.1) is 5.02 Å². The average Bonchev–Trinajstić information content (AvgIpc) is 2.91. The molecule has 0 spiro atoms. The van der Waals surface area contributed by atoms with Crippen molar-refractivity contribution in [1.82, 2.24) is 0 Å². The number of carbonyl (C=O) groups excluding carboxylic acids is 1. The fourth-order valence-corrected chi connectivity index (χ4v) is 2.79. The monoisotopic (exact) mass is 289 g/mol. The van der Waals surface area contributed by atoms with Crippen LogP contribution in [0.5, 0.6) is 0 Å². The van der Waals surface area contributed by atoms with Crippen molar-refractivity contribution in [1.29, 1.82) is 0 Å². The van der Waals surface area contributed by atoms with E-state index in [1.165, 1.54) is 23.8 Å². The molecule has 3 rings (SSSR count). The zero-order valence-electron chi connectivity index (χ0n) is 10.7. The van der Waals surface area contributed by atoms with E-state index in [0.29, 0.717) is 11.3 Å². The number of rotatable bonds is 2. The van der Waals surface area contributed by atoms with Crippen LogP contribution in [0, 0.1) is 5.82 Å².